The second-order valence-corrected chi connectivity index (χ2v) is 5.74. The van der Waals surface area contributed by atoms with Crippen LogP contribution in [0.4, 0.5) is 0 Å². The van der Waals surface area contributed by atoms with E-state index in [1.807, 2.05) is 28.8 Å². The molecule has 0 aliphatic carbocycles. The number of carboxylic acids is 1. The van der Waals surface area contributed by atoms with Gasteiger partial charge in [-0.15, -0.1) is 11.3 Å². The zero-order valence-electron chi connectivity index (χ0n) is 12.1. The number of hydrogen-bond donors (Lipinski definition) is 1. The third-order valence-electron chi connectivity index (χ3n) is 3.21. The van der Waals surface area contributed by atoms with E-state index in [-0.39, 0.29) is 6.42 Å². The average molecular weight is 318 g/mol. The van der Waals surface area contributed by atoms with Crippen molar-refractivity contribution in [2.75, 3.05) is 14.2 Å². The van der Waals surface area contributed by atoms with Gasteiger partial charge in [-0.1, -0.05) is 0 Å². The van der Waals surface area contributed by atoms with Crippen LogP contribution in [0.5, 0.6) is 11.5 Å². The van der Waals surface area contributed by atoms with E-state index < -0.39 is 5.97 Å². The smallest absolute Gasteiger partial charge is 0.308 e. The summed E-state index contributed by atoms with van der Waals surface area (Å²) in [5.41, 5.74) is 1.58. The number of ether oxygens (including phenoxy) is 2. The Morgan fingerprint density at radius 1 is 1.32 bits per heavy atom. The predicted octanol–water partition coefficient (Wildman–Crippen LogP) is 2.71. The molecule has 0 saturated carbocycles. The Labute approximate surface area is 130 Å². The quantitative estimate of drug-likeness (QED) is 0.783. The molecule has 0 amide bonds. The van der Waals surface area contributed by atoms with Crippen LogP contribution < -0.4 is 9.47 Å². The SMILES string of the molecule is COc1ccc(OC)c(-c2cn3cc(CC(=O)O)sc3n2)c1. The molecule has 0 radical (unpaired) electrons. The largest absolute Gasteiger partial charge is 0.497 e. The molecule has 0 aliphatic rings. The Hall–Kier alpha value is -2.54. The van der Waals surface area contributed by atoms with Crippen molar-refractivity contribution in [2.24, 2.45) is 0 Å². The minimum atomic E-state index is -0.848. The van der Waals surface area contributed by atoms with Gasteiger partial charge in [-0.2, -0.15) is 0 Å². The minimum absolute atomic E-state index is 0.00579. The van der Waals surface area contributed by atoms with Crippen molar-refractivity contribution in [1.82, 2.24) is 9.38 Å². The van der Waals surface area contributed by atoms with Crippen LogP contribution in [-0.2, 0) is 11.2 Å². The Bertz CT molecular complexity index is 806. The van der Waals surface area contributed by atoms with E-state index in [0.717, 1.165) is 26.8 Å². The van der Waals surface area contributed by atoms with Crippen molar-refractivity contribution >= 4 is 22.3 Å². The summed E-state index contributed by atoms with van der Waals surface area (Å²) in [6, 6.07) is 5.52. The molecule has 6 nitrogen and oxygen atoms in total. The fourth-order valence-electron chi connectivity index (χ4n) is 2.22. The van der Waals surface area contributed by atoms with Gasteiger partial charge in [0.1, 0.15) is 11.5 Å². The number of benzene rings is 1. The molecular weight excluding hydrogens is 304 g/mol. The maximum atomic E-state index is 10.8. The van der Waals surface area contributed by atoms with E-state index in [1.54, 1.807) is 20.4 Å². The van der Waals surface area contributed by atoms with Crippen LogP contribution in [0.15, 0.2) is 30.6 Å². The highest BCUT2D eigenvalue weighted by Crippen LogP contribution is 2.34. The number of imidazole rings is 1. The third kappa shape index (κ3) is 2.62. The van der Waals surface area contributed by atoms with Crippen LogP contribution in [0, 0.1) is 0 Å². The van der Waals surface area contributed by atoms with E-state index >= 15 is 0 Å². The molecule has 2 aromatic heterocycles. The molecule has 1 N–H and O–H groups in total. The molecule has 0 atom stereocenters. The maximum absolute atomic E-state index is 10.8. The number of nitrogens with zero attached hydrogens (tertiary/aromatic N) is 2. The summed E-state index contributed by atoms with van der Waals surface area (Å²) in [4.78, 5) is 16.8. The number of fused-ring (bicyclic) bond motifs is 1. The van der Waals surface area contributed by atoms with Crippen molar-refractivity contribution in [3.05, 3.63) is 35.5 Å². The van der Waals surface area contributed by atoms with Gasteiger partial charge in [-0.25, -0.2) is 4.98 Å². The van der Waals surface area contributed by atoms with Gasteiger partial charge >= 0.3 is 5.97 Å². The van der Waals surface area contributed by atoms with Crippen LogP contribution in [-0.4, -0.2) is 34.7 Å². The summed E-state index contributed by atoms with van der Waals surface area (Å²) >= 11 is 1.36. The van der Waals surface area contributed by atoms with Gasteiger partial charge in [0.2, 0.25) is 0 Å². The minimum Gasteiger partial charge on any atom is -0.497 e. The molecule has 7 heteroatoms. The van der Waals surface area contributed by atoms with Crippen LogP contribution in [0.25, 0.3) is 16.2 Å². The molecule has 2 heterocycles. The molecule has 114 valence electrons. The highest BCUT2D eigenvalue weighted by molar-refractivity contribution is 7.17. The van der Waals surface area contributed by atoms with Gasteiger partial charge in [-0.3, -0.25) is 9.20 Å². The number of hydrogen-bond acceptors (Lipinski definition) is 5. The van der Waals surface area contributed by atoms with Crippen molar-refractivity contribution in [1.29, 1.82) is 0 Å². The van der Waals surface area contributed by atoms with Crippen molar-refractivity contribution in [3.63, 3.8) is 0 Å². The highest BCUT2D eigenvalue weighted by Gasteiger charge is 2.14. The number of carbonyl (C=O) groups is 1. The van der Waals surface area contributed by atoms with Gasteiger partial charge in [-0.05, 0) is 18.2 Å². The molecule has 0 bridgehead atoms. The normalized spacial score (nSPS) is 10.8. The van der Waals surface area contributed by atoms with Gasteiger partial charge in [0, 0.05) is 22.8 Å². The Balaban J connectivity index is 2.03. The monoisotopic (exact) mass is 318 g/mol. The first-order valence-electron chi connectivity index (χ1n) is 6.52. The van der Waals surface area contributed by atoms with E-state index in [2.05, 4.69) is 4.98 Å². The first-order chi connectivity index (χ1) is 10.6. The summed E-state index contributed by atoms with van der Waals surface area (Å²) in [5.74, 6) is 0.579. The zero-order chi connectivity index (χ0) is 15.7. The molecule has 22 heavy (non-hydrogen) atoms. The topological polar surface area (TPSA) is 73.1 Å². The highest BCUT2D eigenvalue weighted by atomic mass is 32.1. The molecule has 1 aromatic carbocycles. The van der Waals surface area contributed by atoms with E-state index in [1.165, 1.54) is 11.3 Å². The van der Waals surface area contributed by atoms with Gasteiger partial charge in [0.05, 0.1) is 26.3 Å². The fraction of sp³-hybridized carbons (Fsp3) is 0.200. The lowest BCUT2D eigenvalue weighted by Gasteiger charge is -2.08. The molecule has 0 spiro atoms. The number of rotatable bonds is 5. The van der Waals surface area contributed by atoms with Crippen molar-refractivity contribution in [2.45, 2.75) is 6.42 Å². The molecular formula is C15H14N2O4S. The molecule has 0 saturated heterocycles. The predicted molar refractivity (Wildman–Crippen MR) is 82.9 cm³/mol. The molecule has 3 aromatic rings. The Kier molecular flexibility index (Phi) is 3.72. The zero-order valence-corrected chi connectivity index (χ0v) is 12.9. The first-order valence-corrected chi connectivity index (χ1v) is 7.34. The standard InChI is InChI=1S/C15H14N2O4S/c1-20-9-3-4-13(21-2)11(5-9)12-8-17-7-10(6-14(18)19)22-15(17)16-12/h3-5,7-8H,6H2,1-2H3,(H,18,19). The van der Waals surface area contributed by atoms with Crippen LogP contribution in [0.2, 0.25) is 0 Å². The van der Waals surface area contributed by atoms with Gasteiger partial charge in [0.25, 0.3) is 0 Å². The van der Waals surface area contributed by atoms with Crippen molar-refractivity contribution in [3.8, 4) is 22.8 Å². The summed E-state index contributed by atoms with van der Waals surface area (Å²) < 4.78 is 12.4. The number of aliphatic carboxylic acids is 1. The first kappa shape index (κ1) is 14.4. The molecule has 3 rings (SSSR count). The molecule has 0 aliphatic heterocycles. The number of methoxy groups -OCH3 is 2. The maximum Gasteiger partial charge on any atom is 0.308 e. The van der Waals surface area contributed by atoms with Gasteiger partial charge < -0.3 is 14.6 Å². The second-order valence-electron chi connectivity index (χ2n) is 4.65. The summed E-state index contributed by atoms with van der Waals surface area (Å²) in [6.45, 7) is 0. The third-order valence-corrected chi connectivity index (χ3v) is 4.21. The van der Waals surface area contributed by atoms with E-state index in [9.17, 15) is 4.79 Å². The molecule has 0 unspecified atom stereocenters. The lowest BCUT2D eigenvalue weighted by Crippen LogP contribution is -1.97. The second kappa shape index (κ2) is 5.69. The average Bonchev–Trinajstić information content (AvgIpc) is 3.03. The van der Waals surface area contributed by atoms with Crippen LogP contribution in [0.3, 0.4) is 0 Å². The summed E-state index contributed by atoms with van der Waals surface area (Å²) in [7, 11) is 3.21. The number of aromatic nitrogens is 2. The van der Waals surface area contributed by atoms with Crippen LogP contribution >= 0.6 is 11.3 Å². The number of thiazole rings is 1. The van der Waals surface area contributed by atoms with E-state index in [4.69, 9.17) is 14.6 Å². The van der Waals surface area contributed by atoms with E-state index in [0.29, 0.717) is 5.75 Å². The summed E-state index contributed by atoms with van der Waals surface area (Å²) in [6.07, 6.45) is 3.65. The van der Waals surface area contributed by atoms with Crippen molar-refractivity contribution < 1.29 is 19.4 Å². The van der Waals surface area contributed by atoms with Gasteiger partial charge in [0.15, 0.2) is 4.96 Å². The molecule has 0 fully saturated rings. The fourth-order valence-corrected chi connectivity index (χ4v) is 3.17. The lowest BCUT2D eigenvalue weighted by molar-refractivity contribution is -0.136. The Morgan fingerprint density at radius 3 is 2.77 bits per heavy atom. The summed E-state index contributed by atoms with van der Waals surface area (Å²) in [5, 5.41) is 8.83. The van der Waals surface area contributed by atoms with Crippen LogP contribution in [0.1, 0.15) is 4.88 Å². The Morgan fingerprint density at radius 2 is 2.14 bits per heavy atom. The number of carboxylic acid groups (broad SMARTS) is 1. The lowest BCUT2D eigenvalue weighted by atomic mass is 10.1.